The van der Waals surface area contributed by atoms with E-state index in [0.29, 0.717) is 0 Å². The van der Waals surface area contributed by atoms with E-state index in [9.17, 15) is 0 Å². The van der Waals surface area contributed by atoms with Gasteiger partial charge in [0.15, 0.2) is 5.90 Å². The van der Waals surface area contributed by atoms with Crippen LogP contribution in [0.15, 0.2) is 17.3 Å². The van der Waals surface area contributed by atoms with Gasteiger partial charge in [0, 0.05) is 13.1 Å². The third-order valence-corrected chi connectivity index (χ3v) is 1.99. The quantitative estimate of drug-likeness (QED) is 0.357. The Bertz CT molecular complexity index is 185. The van der Waals surface area contributed by atoms with Crippen LogP contribution < -0.4 is 0 Å². The Hall–Kier alpha value is -0.790. The van der Waals surface area contributed by atoms with Gasteiger partial charge in [-0.15, -0.1) is 0 Å². The highest BCUT2D eigenvalue weighted by Gasteiger charge is 2.02. The van der Waals surface area contributed by atoms with Crippen LogP contribution in [0.3, 0.4) is 0 Å². The lowest BCUT2D eigenvalue weighted by Crippen LogP contribution is -2.11. The van der Waals surface area contributed by atoms with Crippen LogP contribution in [-0.2, 0) is 4.74 Å². The van der Waals surface area contributed by atoms with Crippen LogP contribution in [0.5, 0.6) is 0 Å². The molecule has 0 spiro atoms. The first-order valence-electron chi connectivity index (χ1n) is 6.53. The van der Waals surface area contributed by atoms with Gasteiger partial charge in [0.25, 0.3) is 0 Å². The second-order valence-corrected chi connectivity index (χ2v) is 3.55. The summed E-state index contributed by atoms with van der Waals surface area (Å²) >= 11 is 0. The van der Waals surface area contributed by atoms with E-state index in [1.54, 1.807) is 6.20 Å². The minimum atomic E-state index is 0.288. The van der Waals surface area contributed by atoms with E-state index in [4.69, 9.17) is 4.74 Å². The Balaban J connectivity index is 0. The molecule has 0 saturated heterocycles. The van der Waals surface area contributed by atoms with E-state index in [0.717, 1.165) is 12.3 Å². The molecule has 0 aromatic carbocycles. The fourth-order valence-corrected chi connectivity index (χ4v) is 1.24. The average molecular weight is 227 g/mol. The maximum atomic E-state index is 5.60. The normalized spacial score (nSPS) is 13.2. The van der Waals surface area contributed by atoms with Gasteiger partial charge in [0.1, 0.15) is 0 Å². The largest absolute Gasteiger partial charge is 0.478 e. The van der Waals surface area contributed by atoms with E-state index < -0.39 is 0 Å². The van der Waals surface area contributed by atoms with Crippen molar-refractivity contribution in [3.8, 4) is 0 Å². The van der Waals surface area contributed by atoms with Crippen molar-refractivity contribution in [3.63, 3.8) is 0 Å². The number of rotatable bonds is 6. The van der Waals surface area contributed by atoms with Gasteiger partial charge in [-0.05, 0) is 26.7 Å². The van der Waals surface area contributed by atoms with Crippen LogP contribution in [0.4, 0.5) is 0 Å². The van der Waals surface area contributed by atoms with E-state index in [1.807, 2.05) is 33.8 Å². The Kier molecular flexibility index (Phi) is 15.6. The predicted molar refractivity (Wildman–Crippen MR) is 74.0 cm³/mol. The molecule has 0 aliphatic carbocycles. The van der Waals surface area contributed by atoms with Gasteiger partial charge in [-0.25, -0.2) is 4.99 Å². The summed E-state index contributed by atoms with van der Waals surface area (Å²) in [4.78, 5) is 4.12. The molecule has 16 heavy (non-hydrogen) atoms. The zero-order chi connectivity index (χ0) is 12.8. The summed E-state index contributed by atoms with van der Waals surface area (Å²) in [5.74, 6) is 0.757. The fraction of sp³-hybridized carbons (Fsp3) is 0.786. The Morgan fingerprint density at radius 2 is 1.94 bits per heavy atom. The molecule has 0 rings (SSSR count). The molecule has 2 heteroatoms. The van der Waals surface area contributed by atoms with E-state index in [2.05, 4.69) is 18.8 Å². The minimum Gasteiger partial charge on any atom is -0.478 e. The molecule has 0 aliphatic rings. The van der Waals surface area contributed by atoms with Gasteiger partial charge in [-0.3, -0.25) is 0 Å². The van der Waals surface area contributed by atoms with Gasteiger partial charge in [0.2, 0.25) is 0 Å². The van der Waals surface area contributed by atoms with Crippen molar-refractivity contribution in [2.45, 2.75) is 73.3 Å². The molecule has 0 aromatic rings. The zero-order valence-electron chi connectivity index (χ0n) is 11.9. The lowest BCUT2D eigenvalue weighted by Gasteiger charge is -2.13. The van der Waals surface area contributed by atoms with Crippen molar-refractivity contribution >= 4 is 5.90 Å². The summed E-state index contributed by atoms with van der Waals surface area (Å²) in [7, 11) is 0. The number of nitrogens with zero attached hydrogens (tertiary/aromatic N) is 1. The number of hydrogen-bond donors (Lipinski definition) is 0. The van der Waals surface area contributed by atoms with E-state index >= 15 is 0 Å². The van der Waals surface area contributed by atoms with Crippen molar-refractivity contribution < 1.29 is 4.74 Å². The number of allylic oxidation sites excluding steroid dienone is 1. The van der Waals surface area contributed by atoms with Gasteiger partial charge in [-0.2, -0.15) is 0 Å². The van der Waals surface area contributed by atoms with Gasteiger partial charge in [-0.1, -0.05) is 39.7 Å². The summed E-state index contributed by atoms with van der Waals surface area (Å²) in [5, 5.41) is 0. The Morgan fingerprint density at radius 1 is 1.31 bits per heavy atom. The molecule has 96 valence electrons. The highest BCUT2D eigenvalue weighted by Crippen LogP contribution is 2.06. The van der Waals surface area contributed by atoms with Crippen LogP contribution in [0.25, 0.3) is 0 Å². The highest BCUT2D eigenvalue weighted by molar-refractivity contribution is 5.73. The second-order valence-electron chi connectivity index (χ2n) is 3.55. The standard InChI is InChI=1S/C12H23NO.C2H6/c1-5-7-8-9-11(3)14-12(4)13-10-6-2;1-2/h6,10-11H,5,7-9H2,1-4H3;1-2H3/b10-6+,13-12?;. The average Bonchev–Trinajstić information content (AvgIpc) is 2.29. The smallest absolute Gasteiger partial charge is 0.184 e. The van der Waals surface area contributed by atoms with Gasteiger partial charge >= 0.3 is 0 Å². The number of unbranched alkanes of at least 4 members (excludes halogenated alkanes) is 2. The topological polar surface area (TPSA) is 21.6 Å². The molecule has 0 radical (unpaired) electrons. The SMILES string of the molecule is C/C=C/N=C(C)OC(C)CCCCC.CC. The first-order valence-corrected chi connectivity index (χ1v) is 6.53. The Labute approximate surface area is 102 Å². The first kappa shape index (κ1) is 17.6. The summed E-state index contributed by atoms with van der Waals surface area (Å²) in [6.45, 7) is 12.2. The lowest BCUT2D eigenvalue weighted by molar-refractivity contribution is 0.192. The summed E-state index contributed by atoms with van der Waals surface area (Å²) in [5.41, 5.74) is 0. The van der Waals surface area contributed by atoms with Gasteiger partial charge < -0.3 is 4.74 Å². The summed E-state index contributed by atoms with van der Waals surface area (Å²) in [6, 6.07) is 0. The third kappa shape index (κ3) is 13.2. The molecule has 1 atom stereocenters. The van der Waals surface area contributed by atoms with Gasteiger partial charge in [0.05, 0.1) is 6.10 Å². The third-order valence-electron chi connectivity index (χ3n) is 1.99. The first-order chi connectivity index (χ1) is 7.70. The van der Waals surface area contributed by atoms with Crippen molar-refractivity contribution in [3.05, 3.63) is 12.3 Å². The van der Waals surface area contributed by atoms with Crippen molar-refractivity contribution in [2.75, 3.05) is 0 Å². The highest BCUT2D eigenvalue weighted by atomic mass is 16.5. The summed E-state index contributed by atoms with van der Waals surface area (Å²) in [6.07, 6.45) is 8.86. The molecule has 0 heterocycles. The molecule has 2 nitrogen and oxygen atoms in total. The van der Waals surface area contributed by atoms with Crippen molar-refractivity contribution in [1.29, 1.82) is 0 Å². The Morgan fingerprint density at radius 3 is 2.44 bits per heavy atom. The molecular weight excluding hydrogens is 198 g/mol. The van der Waals surface area contributed by atoms with E-state index in [1.165, 1.54) is 19.3 Å². The number of ether oxygens (including phenoxy) is 1. The fourth-order valence-electron chi connectivity index (χ4n) is 1.24. The maximum absolute atomic E-state index is 5.60. The van der Waals surface area contributed by atoms with Crippen molar-refractivity contribution in [2.24, 2.45) is 4.99 Å². The molecule has 1 unspecified atom stereocenters. The second kappa shape index (κ2) is 14.2. The maximum Gasteiger partial charge on any atom is 0.184 e. The number of aliphatic imine (C=N–C) groups is 1. The predicted octanol–water partition coefficient (Wildman–Crippen LogP) is 4.95. The van der Waals surface area contributed by atoms with Crippen molar-refractivity contribution in [1.82, 2.24) is 0 Å². The molecule has 0 fully saturated rings. The molecule has 0 N–H and O–H groups in total. The lowest BCUT2D eigenvalue weighted by atomic mass is 10.1. The molecule has 0 aromatic heterocycles. The van der Waals surface area contributed by atoms with Crippen LogP contribution in [0.1, 0.15) is 67.2 Å². The molecule has 0 amide bonds. The summed E-state index contributed by atoms with van der Waals surface area (Å²) < 4.78 is 5.60. The molecule has 0 aliphatic heterocycles. The molecular formula is C14H29NO. The van der Waals surface area contributed by atoms with Crippen LogP contribution in [0, 0.1) is 0 Å². The monoisotopic (exact) mass is 227 g/mol. The van der Waals surface area contributed by atoms with Crippen LogP contribution in [-0.4, -0.2) is 12.0 Å². The minimum absolute atomic E-state index is 0.288. The molecule has 0 saturated carbocycles. The molecule has 0 bridgehead atoms. The van der Waals surface area contributed by atoms with Crippen LogP contribution >= 0.6 is 0 Å². The van der Waals surface area contributed by atoms with E-state index in [-0.39, 0.29) is 6.10 Å². The zero-order valence-corrected chi connectivity index (χ0v) is 11.9. The number of hydrogen-bond acceptors (Lipinski definition) is 2. The van der Waals surface area contributed by atoms with Crippen LogP contribution in [0.2, 0.25) is 0 Å².